The van der Waals surface area contributed by atoms with E-state index in [0.717, 1.165) is 39.8 Å². The van der Waals surface area contributed by atoms with Crippen LogP contribution in [0, 0.1) is 30.2 Å². The number of hydrogen-bond acceptors (Lipinski definition) is 4. The number of benzene rings is 1. The van der Waals surface area contributed by atoms with Gasteiger partial charge in [-0.05, 0) is 39.0 Å². The Morgan fingerprint density at radius 2 is 1.20 bits per heavy atom. The van der Waals surface area contributed by atoms with Gasteiger partial charge in [-0.25, -0.2) is 13.2 Å². The summed E-state index contributed by atoms with van der Waals surface area (Å²) in [4.78, 5) is 9.81. The minimum atomic E-state index is -1.87. The van der Waals surface area contributed by atoms with Crippen molar-refractivity contribution in [2.24, 2.45) is 0 Å². The van der Waals surface area contributed by atoms with Crippen LogP contribution in [0.3, 0.4) is 0 Å². The zero-order valence-corrected chi connectivity index (χ0v) is 18.2. The molecule has 0 unspecified atom stereocenters. The van der Waals surface area contributed by atoms with Gasteiger partial charge in [-0.2, -0.15) is 4.39 Å². The van der Waals surface area contributed by atoms with Crippen molar-refractivity contribution in [3.8, 4) is 5.75 Å². The van der Waals surface area contributed by atoms with Gasteiger partial charge in [-0.15, -0.1) is 0 Å². The minimum absolute atomic E-state index is 0.279. The highest BCUT2D eigenvalue weighted by atomic mass is 19.2. The Kier molecular flexibility index (Phi) is 17.1. The Morgan fingerprint density at radius 1 is 0.667 bits per heavy atom. The van der Waals surface area contributed by atoms with Gasteiger partial charge in [0.05, 0.1) is 0 Å². The maximum atomic E-state index is 13.0. The van der Waals surface area contributed by atoms with Crippen molar-refractivity contribution in [3.63, 3.8) is 0 Å². The van der Waals surface area contributed by atoms with Crippen LogP contribution in [-0.2, 0) is 14.3 Å². The van der Waals surface area contributed by atoms with E-state index in [1.807, 2.05) is 0 Å². The minimum Gasteiger partial charge on any atom is -0.422 e. The summed E-state index contributed by atoms with van der Waals surface area (Å²) in [7, 11) is 0. The van der Waals surface area contributed by atoms with Gasteiger partial charge in [0.25, 0.3) is 6.47 Å². The van der Waals surface area contributed by atoms with Crippen LogP contribution in [0.1, 0.15) is 70.8 Å². The zero-order valence-electron chi connectivity index (χ0n) is 18.2. The van der Waals surface area contributed by atoms with Gasteiger partial charge in [-0.1, -0.05) is 33.1 Å². The molecule has 0 aliphatic heterocycles. The molecule has 0 heterocycles. The van der Waals surface area contributed by atoms with Crippen molar-refractivity contribution >= 4 is 6.47 Å². The van der Waals surface area contributed by atoms with Crippen LogP contribution >= 0.6 is 0 Å². The number of unbranched alkanes of at least 4 members (excludes halogenated alkanes) is 5. The second kappa shape index (κ2) is 18.1. The van der Waals surface area contributed by atoms with Crippen molar-refractivity contribution in [2.75, 3.05) is 26.4 Å². The number of hydrogen-bond donors (Lipinski definition) is 0. The van der Waals surface area contributed by atoms with E-state index in [9.17, 15) is 22.4 Å². The smallest absolute Gasteiger partial charge is 0.298 e. The van der Waals surface area contributed by atoms with Crippen LogP contribution in [0.5, 0.6) is 5.75 Å². The molecule has 1 aromatic rings. The standard InChI is InChI=1S/C14H30O2.C8H4F4O2/c1-3-5-6-8-13-16-14-10-7-9-12-15-11-4-2;1-3-4(9)6(11)7(12)8(5(3)10)14-2-13/h3-14H2,1-2H3;2H,1H3. The molecular formula is C22H34F4O4. The molecule has 0 radical (unpaired) electrons. The van der Waals surface area contributed by atoms with Gasteiger partial charge in [0, 0.05) is 32.0 Å². The van der Waals surface area contributed by atoms with Crippen molar-refractivity contribution in [1.82, 2.24) is 0 Å². The number of carbonyl (C=O) groups excluding carboxylic acids is 1. The van der Waals surface area contributed by atoms with E-state index in [4.69, 9.17) is 9.47 Å². The number of halogens is 4. The van der Waals surface area contributed by atoms with E-state index < -0.39 is 34.6 Å². The van der Waals surface area contributed by atoms with Gasteiger partial charge in [0.1, 0.15) is 0 Å². The molecule has 4 nitrogen and oxygen atoms in total. The van der Waals surface area contributed by atoms with Crippen LogP contribution in [0.4, 0.5) is 17.6 Å². The Morgan fingerprint density at radius 3 is 1.70 bits per heavy atom. The fraction of sp³-hybridized carbons (Fsp3) is 0.682. The van der Waals surface area contributed by atoms with Gasteiger partial charge in [0.15, 0.2) is 17.5 Å². The van der Waals surface area contributed by atoms with Crippen molar-refractivity contribution in [3.05, 3.63) is 28.8 Å². The maximum Gasteiger partial charge on any atom is 0.298 e. The molecule has 0 N–H and O–H groups in total. The molecule has 0 fully saturated rings. The summed E-state index contributed by atoms with van der Waals surface area (Å²) in [5, 5.41) is 0. The van der Waals surface area contributed by atoms with Gasteiger partial charge >= 0.3 is 0 Å². The largest absolute Gasteiger partial charge is 0.422 e. The lowest BCUT2D eigenvalue weighted by molar-refractivity contribution is -0.121. The third kappa shape index (κ3) is 11.5. The van der Waals surface area contributed by atoms with E-state index in [1.165, 1.54) is 44.9 Å². The molecule has 0 aliphatic rings. The zero-order chi connectivity index (χ0) is 22.8. The highest BCUT2D eigenvalue weighted by Crippen LogP contribution is 2.29. The van der Waals surface area contributed by atoms with E-state index in [1.54, 1.807) is 0 Å². The molecule has 1 aromatic carbocycles. The first-order valence-corrected chi connectivity index (χ1v) is 10.5. The molecule has 0 atom stereocenters. The average Bonchev–Trinajstić information content (AvgIpc) is 2.75. The fourth-order valence-corrected chi connectivity index (χ4v) is 2.44. The molecule has 0 saturated heterocycles. The molecule has 0 saturated carbocycles. The topological polar surface area (TPSA) is 44.8 Å². The van der Waals surface area contributed by atoms with Gasteiger partial charge in [-0.3, -0.25) is 4.79 Å². The molecule has 0 aromatic heterocycles. The second-order valence-electron chi connectivity index (χ2n) is 6.77. The molecule has 174 valence electrons. The van der Waals surface area contributed by atoms with E-state index >= 15 is 0 Å². The molecule has 0 spiro atoms. The quantitative estimate of drug-likeness (QED) is 0.106. The maximum absolute atomic E-state index is 13.0. The normalized spacial score (nSPS) is 10.5. The summed E-state index contributed by atoms with van der Waals surface area (Å²) in [6.45, 7) is 8.71. The van der Waals surface area contributed by atoms with Crippen molar-refractivity contribution in [1.29, 1.82) is 0 Å². The van der Waals surface area contributed by atoms with Crippen molar-refractivity contribution < 1.29 is 36.6 Å². The highest BCUT2D eigenvalue weighted by Gasteiger charge is 2.24. The van der Waals surface area contributed by atoms with Crippen LogP contribution in [-0.4, -0.2) is 32.9 Å². The lowest BCUT2D eigenvalue weighted by atomic mass is 10.2. The number of carbonyl (C=O) groups is 1. The summed E-state index contributed by atoms with van der Waals surface area (Å²) in [6.07, 6.45) is 9.92. The van der Waals surface area contributed by atoms with Crippen LogP contribution in [0.25, 0.3) is 0 Å². The Labute approximate surface area is 176 Å². The lowest BCUT2D eigenvalue weighted by Gasteiger charge is -2.06. The van der Waals surface area contributed by atoms with E-state index in [0.29, 0.717) is 0 Å². The van der Waals surface area contributed by atoms with Crippen LogP contribution in [0.15, 0.2) is 0 Å². The monoisotopic (exact) mass is 438 g/mol. The second-order valence-corrected chi connectivity index (χ2v) is 6.77. The van der Waals surface area contributed by atoms with Crippen molar-refractivity contribution in [2.45, 2.75) is 72.1 Å². The lowest BCUT2D eigenvalue weighted by Crippen LogP contribution is -2.04. The first kappa shape index (κ1) is 28.3. The van der Waals surface area contributed by atoms with Crippen LogP contribution < -0.4 is 4.74 Å². The summed E-state index contributed by atoms with van der Waals surface area (Å²) in [5.74, 6) is -8.05. The fourth-order valence-electron chi connectivity index (χ4n) is 2.44. The Hall–Kier alpha value is -1.67. The van der Waals surface area contributed by atoms with Gasteiger partial charge < -0.3 is 14.2 Å². The van der Waals surface area contributed by atoms with Crippen LogP contribution in [0.2, 0.25) is 0 Å². The average molecular weight is 439 g/mol. The molecular weight excluding hydrogens is 404 g/mol. The van der Waals surface area contributed by atoms with E-state index in [-0.39, 0.29) is 6.47 Å². The Balaban J connectivity index is 0.000000564. The predicted molar refractivity (Wildman–Crippen MR) is 108 cm³/mol. The Bertz CT molecular complexity index is 554. The predicted octanol–water partition coefficient (Wildman–Crippen LogP) is 6.27. The van der Waals surface area contributed by atoms with E-state index in [2.05, 4.69) is 18.6 Å². The highest BCUT2D eigenvalue weighted by molar-refractivity contribution is 5.47. The summed E-state index contributed by atoms with van der Waals surface area (Å²) in [6, 6.07) is 0. The SMILES string of the molecule is CCCCCCOCCCCCOCCC.Cc1c(F)c(F)c(F)c(OC=O)c1F. The van der Waals surface area contributed by atoms with Gasteiger partial charge in [0.2, 0.25) is 11.6 Å². The molecule has 0 aliphatic carbocycles. The number of rotatable bonds is 15. The molecule has 8 heteroatoms. The molecule has 0 bridgehead atoms. The summed E-state index contributed by atoms with van der Waals surface area (Å²) in [5.41, 5.74) is -0.749. The molecule has 0 amide bonds. The third-order valence-corrected chi connectivity index (χ3v) is 4.18. The number of ether oxygens (including phenoxy) is 3. The first-order valence-electron chi connectivity index (χ1n) is 10.5. The molecule has 1 rings (SSSR count). The first-order chi connectivity index (χ1) is 14.4. The summed E-state index contributed by atoms with van der Waals surface area (Å²) >= 11 is 0. The third-order valence-electron chi connectivity index (χ3n) is 4.18. The molecule has 30 heavy (non-hydrogen) atoms. The summed E-state index contributed by atoms with van der Waals surface area (Å²) < 4.78 is 65.9.